The van der Waals surface area contributed by atoms with E-state index in [1.165, 1.54) is 6.92 Å². The third-order valence-electron chi connectivity index (χ3n) is 1.13. The lowest BCUT2D eigenvalue weighted by Gasteiger charge is -1.93. The minimum absolute atomic E-state index is 0.190. The van der Waals surface area contributed by atoms with Crippen LogP contribution in [0.1, 0.15) is 11.4 Å². The van der Waals surface area contributed by atoms with E-state index in [2.05, 4.69) is 15.4 Å². The van der Waals surface area contributed by atoms with Gasteiger partial charge >= 0.3 is 0 Å². The normalized spacial score (nSPS) is 10.7. The Kier molecular flexibility index (Phi) is 2.10. The molecule has 1 heterocycles. The Morgan fingerprint density at radius 3 is 2.91 bits per heavy atom. The molecule has 0 amide bonds. The van der Waals surface area contributed by atoms with E-state index in [1.54, 1.807) is 0 Å². The van der Waals surface area contributed by atoms with Crippen molar-refractivity contribution < 1.29 is 9.60 Å². The number of oxime groups is 1. The zero-order chi connectivity index (χ0) is 8.27. The molecule has 1 aromatic heterocycles. The van der Waals surface area contributed by atoms with Crippen LogP contribution in [0.15, 0.2) is 11.2 Å². The molecule has 4 nitrogen and oxygen atoms in total. The van der Waals surface area contributed by atoms with Gasteiger partial charge in [-0.15, -0.1) is 5.10 Å². The highest BCUT2D eigenvalue weighted by molar-refractivity contribution is 5.75. The van der Waals surface area contributed by atoms with E-state index in [0.29, 0.717) is 0 Å². The van der Waals surface area contributed by atoms with Gasteiger partial charge in [-0.1, -0.05) is 5.16 Å². The molecule has 5 heteroatoms. The number of hydrogen-bond acceptors (Lipinski definition) is 4. The van der Waals surface area contributed by atoms with E-state index in [1.807, 2.05) is 0 Å². The molecule has 58 valence electrons. The lowest BCUT2D eigenvalue weighted by Crippen LogP contribution is -1.96. The summed E-state index contributed by atoms with van der Waals surface area (Å²) in [5, 5.41) is 17.7. The topological polar surface area (TPSA) is 58.4 Å². The third-order valence-corrected chi connectivity index (χ3v) is 1.13. The maximum Gasteiger partial charge on any atom is 0.148 e. The molecule has 0 spiro atoms. The standard InChI is InChI=1S/C6H6FN3O/c1-4-6(7)2-5(3-8-11)10-9-4/h2-3,11H,1H3/b8-3+. The lowest BCUT2D eigenvalue weighted by molar-refractivity contribution is 0.321. The SMILES string of the molecule is Cc1nnc(/C=N/O)cc1F. The number of hydrogen-bond donors (Lipinski definition) is 1. The van der Waals surface area contributed by atoms with Crippen LogP contribution in [0.2, 0.25) is 0 Å². The molecule has 0 aliphatic rings. The summed E-state index contributed by atoms with van der Waals surface area (Å²) in [5.74, 6) is -0.463. The zero-order valence-electron chi connectivity index (χ0n) is 5.82. The van der Waals surface area contributed by atoms with Gasteiger partial charge in [0.2, 0.25) is 0 Å². The molecule has 1 aromatic rings. The van der Waals surface area contributed by atoms with Crippen LogP contribution in [0.4, 0.5) is 4.39 Å². The molecular weight excluding hydrogens is 149 g/mol. The van der Waals surface area contributed by atoms with Crippen molar-refractivity contribution in [2.75, 3.05) is 0 Å². The number of halogens is 1. The Morgan fingerprint density at radius 1 is 1.64 bits per heavy atom. The van der Waals surface area contributed by atoms with Gasteiger partial charge in [-0.25, -0.2) is 4.39 Å². The average Bonchev–Trinajstić information content (AvgIpc) is 1.98. The fraction of sp³-hybridized carbons (Fsp3) is 0.167. The number of rotatable bonds is 1. The lowest BCUT2D eigenvalue weighted by atomic mass is 10.3. The van der Waals surface area contributed by atoms with Gasteiger partial charge in [-0.3, -0.25) is 0 Å². The first-order valence-corrected chi connectivity index (χ1v) is 2.91. The van der Waals surface area contributed by atoms with Crippen molar-refractivity contribution in [3.63, 3.8) is 0 Å². The summed E-state index contributed by atoms with van der Waals surface area (Å²) < 4.78 is 12.7. The molecular formula is C6H6FN3O. The Labute approximate surface area is 62.4 Å². The largest absolute Gasteiger partial charge is 0.411 e. The van der Waals surface area contributed by atoms with Crippen molar-refractivity contribution in [1.82, 2.24) is 10.2 Å². The first kappa shape index (κ1) is 7.59. The summed E-state index contributed by atoms with van der Waals surface area (Å²) >= 11 is 0. The van der Waals surface area contributed by atoms with Crippen LogP contribution >= 0.6 is 0 Å². The molecule has 0 aliphatic heterocycles. The maximum atomic E-state index is 12.7. The third kappa shape index (κ3) is 1.70. The molecule has 0 saturated heterocycles. The van der Waals surface area contributed by atoms with Gasteiger partial charge in [-0.05, 0) is 6.92 Å². The van der Waals surface area contributed by atoms with Gasteiger partial charge in [0.05, 0.1) is 11.9 Å². The Bertz CT molecular complexity index is 287. The molecule has 0 saturated carbocycles. The molecule has 0 fully saturated rings. The summed E-state index contributed by atoms with van der Waals surface area (Å²) in [6, 6.07) is 1.14. The second-order valence-corrected chi connectivity index (χ2v) is 1.95. The predicted octanol–water partition coefficient (Wildman–Crippen LogP) is 0.732. The zero-order valence-corrected chi connectivity index (χ0v) is 5.82. The molecule has 0 unspecified atom stereocenters. The summed E-state index contributed by atoms with van der Waals surface area (Å²) in [6.45, 7) is 1.50. The van der Waals surface area contributed by atoms with Crippen LogP contribution < -0.4 is 0 Å². The summed E-state index contributed by atoms with van der Waals surface area (Å²) in [7, 11) is 0. The van der Waals surface area contributed by atoms with Gasteiger partial charge in [0.15, 0.2) is 0 Å². The average molecular weight is 155 g/mol. The molecule has 1 rings (SSSR count). The predicted molar refractivity (Wildman–Crippen MR) is 36.1 cm³/mol. The maximum absolute atomic E-state index is 12.7. The fourth-order valence-electron chi connectivity index (χ4n) is 0.566. The molecule has 0 bridgehead atoms. The highest BCUT2D eigenvalue weighted by atomic mass is 19.1. The summed E-state index contributed by atoms with van der Waals surface area (Å²) in [4.78, 5) is 0. The number of aromatic nitrogens is 2. The number of nitrogens with zero attached hydrogens (tertiary/aromatic N) is 3. The fourth-order valence-corrected chi connectivity index (χ4v) is 0.566. The number of aryl methyl sites for hydroxylation is 1. The van der Waals surface area contributed by atoms with Crippen molar-refractivity contribution >= 4 is 6.21 Å². The van der Waals surface area contributed by atoms with Gasteiger partial charge in [0, 0.05) is 6.07 Å². The second kappa shape index (κ2) is 3.05. The van der Waals surface area contributed by atoms with Crippen molar-refractivity contribution in [2.24, 2.45) is 5.16 Å². The van der Waals surface area contributed by atoms with Crippen LogP contribution in [-0.2, 0) is 0 Å². The minimum Gasteiger partial charge on any atom is -0.411 e. The van der Waals surface area contributed by atoms with Crippen molar-refractivity contribution in [2.45, 2.75) is 6.92 Å². The van der Waals surface area contributed by atoms with E-state index in [0.717, 1.165) is 12.3 Å². The van der Waals surface area contributed by atoms with Gasteiger partial charge in [0.1, 0.15) is 11.5 Å². The Balaban J connectivity index is 3.05. The molecule has 0 aliphatic carbocycles. The second-order valence-electron chi connectivity index (χ2n) is 1.95. The van der Waals surface area contributed by atoms with Crippen LogP contribution in [0.5, 0.6) is 0 Å². The monoisotopic (exact) mass is 155 g/mol. The van der Waals surface area contributed by atoms with E-state index in [4.69, 9.17) is 5.21 Å². The van der Waals surface area contributed by atoms with Crippen molar-refractivity contribution in [1.29, 1.82) is 0 Å². The Hall–Kier alpha value is -1.52. The van der Waals surface area contributed by atoms with E-state index < -0.39 is 5.82 Å². The summed E-state index contributed by atoms with van der Waals surface area (Å²) in [5.41, 5.74) is 0.413. The molecule has 0 aromatic carbocycles. The minimum atomic E-state index is -0.463. The van der Waals surface area contributed by atoms with E-state index >= 15 is 0 Å². The Morgan fingerprint density at radius 2 is 2.36 bits per heavy atom. The van der Waals surface area contributed by atoms with E-state index in [9.17, 15) is 4.39 Å². The van der Waals surface area contributed by atoms with Gasteiger partial charge in [-0.2, -0.15) is 5.10 Å². The van der Waals surface area contributed by atoms with Crippen LogP contribution in [0.25, 0.3) is 0 Å². The van der Waals surface area contributed by atoms with Crippen molar-refractivity contribution in [3.8, 4) is 0 Å². The smallest absolute Gasteiger partial charge is 0.148 e. The molecule has 0 atom stereocenters. The van der Waals surface area contributed by atoms with Crippen molar-refractivity contribution in [3.05, 3.63) is 23.3 Å². The van der Waals surface area contributed by atoms with Crippen LogP contribution in [-0.4, -0.2) is 21.6 Å². The van der Waals surface area contributed by atoms with Crippen LogP contribution in [0.3, 0.4) is 0 Å². The van der Waals surface area contributed by atoms with Gasteiger partial charge < -0.3 is 5.21 Å². The highest BCUT2D eigenvalue weighted by Crippen LogP contribution is 2.00. The first-order chi connectivity index (χ1) is 5.24. The van der Waals surface area contributed by atoms with Gasteiger partial charge in [0.25, 0.3) is 0 Å². The molecule has 11 heavy (non-hydrogen) atoms. The first-order valence-electron chi connectivity index (χ1n) is 2.91. The van der Waals surface area contributed by atoms with Crippen LogP contribution in [0, 0.1) is 12.7 Å². The summed E-state index contributed by atoms with van der Waals surface area (Å²) in [6.07, 6.45) is 1.01. The molecule has 0 radical (unpaired) electrons. The van der Waals surface area contributed by atoms with E-state index in [-0.39, 0.29) is 11.4 Å². The quantitative estimate of drug-likeness (QED) is 0.369. The highest BCUT2D eigenvalue weighted by Gasteiger charge is 1.99. The molecule has 1 N–H and O–H groups in total.